The van der Waals surface area contributed by atoms with Crippen LogP contribution in [0.5, 0.6) is 5.75 Å². The van der Waals surface area contributed by atoms with Crippen molar-refractivity contribution in [1.29, 1.82) is 0 Å². The van der Waals surface area contributed by atoms with Gasteiger partial charge in [-0.1, -0.05) is 12.1 Å². The zero-order valence-electron chi connectivity index (χ0n) is 20.7. The molecule has 0 heterocycles. The number of halogens is 11. The smallest absolute Gasteiger partial charge is 0.460 e. The van der Waals surface area contributed by atoms with E-state index < -0.39 is 74.3 Å². The van der Waals surface area contributed by atoms with E-state index >= 15 is 0 Å². The molecular weight excluding hydrogens is 583 g/mol. The molecule has 18 heteroatoms. The maximum atomic E-state index is 14.2. The van der Waals surface area contributed by atoms with Crippen molar-refractivity contribution >= 4 is 12.1 Å². The van der Waals surface area contributed by atoms with Gasteiger partial charge in [-0.15, -0.1) is 0 Å². The first-order valence-electron chi connectivity index (χ1n) is 11.2. The average molecular weight is 607 g/mol. The number of carbonyl (C=O) groups excluding carboxylic acids is 1. The van der Waals surface area contributed by atoms with Crippen molar-refractivity contribution in [2.24, 2.45) is 0 Å². The van der Waals surface area contributed by atoms with Gasteiger partial charge in [0.05, 0.1) is 19.7 Å². The molecule has 0 saturated carbocycles. The predicted octanol–water partition coefficient (Wildman–Crippen LogP) is 5.66. The van der Waals surface area contributed by atoms with Crippen LogP contribution in [0.1, 0.15) is 19.4 Å². The third-order valence-electron chi connectivity index (χ3n) is 5.14. The molecule has 1 rings (SSSR count). The van der Waals surface area contributed by atoms with Crippen molar-refractivity contribution in [3.05, 3.63) is 29.8 Å². The van der Waals surface area contributed by atoms with Crippen molar-refractivity contribution in [2.45, 2.75) is 56.2 Å². The molecule has 7 nitrogen and oxygen atoms in total. The van der Waals surface area contributed by atoms with Gasteiger partial charge in [-0.2, -0.15) is 48.3 Å². The second-order valence-corrected chi connectivity index (χ2v) is 8.02. The largest absolute Gasteiger partial charge is 0.492 e. The first-order chi connectivity index (χ1) is 18.2. The predicted molar refractivity (Wildman–Crippen MR) is 113 cm³/mol. The van der Waals surface area contributed by atoms with E-state index in [1.165, 1.54) is 24.3 Å². The summed E-state index contributed by atoms with van der Waals surface area (Å²) in [6.45, 7) is -2.32. The van der Waals surface area contributed by atoms with Crippen molar-refractivity contribution < 1.29 is 77.2 Å². The Kier molecular flexibility index (Phi) is 11.4. The minimum Gasteiger partial charge on any atom is -0.492 e. The summed E-state index contributed by atoms with van der Waals surface area (Å²) in [5.74, 6) is -30.0. The molecule has 1 atom stereocenters. The van der Waals surface area contributed by atoms with E-state index in [9.17, 15) is 57.9 Å². The highest BCUT2D eigenvalue weighted by molar-refractivity contribution is 5.72. The Labute approximate surface area is 219 Å². The second-order valence-electron chi connectivity index (χ2n) is 8.02. The summed E-state index contributed by atoms with van der Waals surface area (Å²) in [6.07, 6.45) is -10.3. The average Bonchev–Trinajstić information content (AvgIpc) is 2.83. The SMILES string of the molecule is CCOC(=O)N(CCOc1ccc(CC(OCC)C(=O)O)cc1)CC(F)(F)C(F)(F)C(F)(F)C(F)(F)C(F)(F)F. The van der Waals surface area contributed by atoms with Gasteiger partial charge in [0.2, 0.25) is 0 Å². The minimum atomic E-state index is -7.61. The third-order valence-corrected chi connectivity index (χ3v) is 5.14. The molecule has 0 aliphatic rings. The number of nitrogens with zero attached hydrogens (tertiary/aromatic N) is 1. The number of alkyl halides is 11. The first-order valence-corrected chi connectivity index (χ1v) is 11.2. The van der Waals surface area contributed by atoms with E-state index in [2.05, 4.69) is 4.74 Å². The standard InChI is InChI=1S/C22H24F11NO6/c1-3-38-15(16(35)36)11-13-5-7-14(8-6-13)40-10-9-34(17(37)39-4-2)12-18(23,24)19(25,26)20(27,28)21(29,30)22(31,32)33/h5-8,15H,3-4,9-12H2,1-2H3,(H,35,36). The van der Waals surface area contributed by atoms with Gasteiger partial charge in [-0.05, 0) is 31.5 Å². The number of amides is 1. The normalized spacial score (nSPS) is 14.0. The summed E-state index contributed by atoms with van der Waals surface area (Å²) in [6, 6.07) is 5.28. The van der Waals surface area contributed by atoms with Crippen LogP contribution in [0.25, 0.3) is 0 Å². The minimum absolute atomic E-state index is 0.0238. The van der Waals surface area contributed by atoms with Gasteiger partial charge in [0.15, 0.2) is 6.10 Å². The Morgan fingerprint density at radius 3 is 1.85 bits per heavy atom. The highest BCUT2D eigenvalue weighted by Gasteiger charge is 2.87. The van der Waals surface area contributed by atoms with Crippen LogP contribution in [0.3, 0.4) is 0 Å². The van der Waals surface area contributed by atoms with Crippen LogP contribution in [-0.4, -0.2) is 90.9 Å². The van der Waals surface area contributed by atoms with Crippen molar-refractivity contribution in [2.75, 3.05) is 32.9 Å². The quantitative estimate of drug-likeness (QED) is 0.259. The Hall–Kier alpha value is -3.05. The van der Waals surface area contributed by atoms with Crippen molar-refractivity contribution in [3.8, 4) is 5.75 Å². The zero-order chi connectivity index (χ0) is 31.2. The van der Waals surface area contributed by atoms with E-state index in [4.69, 9.17) is 14.6 Å². The van der Waals surface area contributed by atoms with Crippen LogP contribution in [0.2, 0.25) is 0 Å². The Bertz CT molecular complexity index is 986. The van der Waals surface area contributed by atoms with Gasteiger partial charge in [-0.3, -0.25) is 4.90 Å². The van der Waals surface area contributed by atoms with Crippen LogP contribution < -0.4 is 4.74 Å². The Morgan fingerprint density at radius 2 is 1.40 bits per heavy atom. The number of rotatable bonds is 15. The number of hydrogen-bond acceptors (Lipinski definition) is 5. The number of benzene rings is 1. The highest BCUT2D eigenvalue weighted by atomic mass is 19.4. The van der Waals surface area contributed by atoms with E-state index in [-0.39, 0.29) is 23.7 Å². The number of aliphatic carboxylic acids is 1. The van der Waals surface area contributed by atoms with Crippen LogP contribution in [0.4, 0.5) is 53.1 Å². The first kappa shape index (κ1) is 35.0. The van der Waals surface area contributed by atoms with Gasteiger partial charge in [0.1, 0.15) is 12.4 Å². The fraction of sp³-hybridized carbons (Fsp3) is 0.636. The van der Waals surface area contributed by atoms with E-state index in [0.717, 1.165) is 6.92 Å². The Balaban J connectivity index is 3.03. The van der Waals surface area contributed by atoms with Crippen LogP contribution in [0, 0.1) is 0 Å². The van der Waals surface area contributed by atoms with Crippen LogP contribution in [-0.2, 0) is 20.7 Å². The summed E-state index contributed by atoms with van der Waals surface area (Å²) in [7, 11) is 0. The van der Waals surface area contributed by atoms with Gasteiger partial charge in [-0.25, -0.2) is 9.59 Å². The molecule has 0 radical (unpaired) electrons. The summed E-state index contributed by atoms with van der Waals surface area (Å²) in [5.41, 5.74) is 0.458. The van der Waals surface area contributed by atoms with Gasteiger partial charge >= 0.3 is 41.9 Å². The topological polar surface area (TPSA) is 85.3 Å². The van der Waals surface area contributed by atoms with E-state index in [1.54, 1.807) is 6.92 Å². The summed E-state index contributed by atoms with van der Waals surface area (Å²) < 4.78 is 161. The third kappa shape index (κ3) is 7.78. The molecule has 0 bridgehead atoms. The van der Waals surface area contributed by atoms with Crippen molar-refractivity contribution in [3.63, 3.8) is 0 Å². The molecule has 0 saturated heterocycles. The van der Waals surface area contributed by atoms with Crippen molar-refractivity contribution in [1.82, 2.24) is 4.90 Å². The van der Waals surface area contributed by atoms with E-state index in [0.29, 0.717) is 5.56 Å². The Morgan fingerprint density at radius 1 is 0.850 bits per heavy atom. The monoisotopic (exact) mass is 607 g/mol. The molecular formula is C22H24F11NO6. The molecule has 1 aromatic carbocycles. The second kappa shape index (κ2) is 13.1. The molecule has 0 aliphatic carbocycles. The molecule has 1 aromatic rings. The van der Waals surface area contributed by atoms with Crippen LogP contribution in [0.15, 0.2) is 24.3 Å². The fourth-order valence-corrected chi connectivity index (χ4v) is 3.02. The van der Waals surface area contributed by atoms with Gasteiger partial charge in [0, 0.05) is 13.0 Å². The molecule has 0 spiro atoms. The fourth-order valence-electron chi connectivity index (χ4n) is 3.02. The molecule has 230 valence electrons. The van der Waals surface area contributed by atoms with E-state index in [1.807, 2.05) is 0 Å². The summed E-state index contributed by atoms with van der Waals surface area (Å²) >= 11 is 0. The lowest BCUT2D eigenvalue weighted by atomic mass is 9.97. The molecule has 0 fully saturated rings. The number of carboxylic acid groups (broad SMARTS) is 1. The maximum Gasteiger partial charge on any atom is 0.460 e. The number of hydrogen-bond donors (Lipinski definition) is 1. The molecule has 0 aromatic heterocycles. The molecule has 1 unspecified atom stereocenters. The number of carbonyl (C=O) groups is 2. The lowest BCUT2D eigenvalue weighted by Gasteiger charge is -2.38. The van der Waals surface area contributed by atoms with Gasteiger partial charge in [0.25, 0.3) is 0 Å². The molecule has 1 amide bonds. The zero-order valence-corrected chi connectivity index (χ0v) is 20.7. The molecule has 40 heavy (non-hydrogen) atoms. The lowest BCUT2D eigenvalue weighted by molar-refractivity contribution is -0.422. The number of ether oxygens (including phenoxy) is 3. The van der Waals surface area contributed by atoms with Crippen LogP contribution >= 0.6 is 0 Å². The molecule has 1 N–H and O–H groups in total. The maximum absolute atomic E-state index is 14.2. The number of carboxylic acids is 1. The van der Waals surface area contributed by atoms with Gasteiger partial charge < -0.3 is 19.3 Å². The summed E-state index contributed by atoms with van der Waals surface area (Å²) in [5, 5.41) is 9.10. The summed E-state index contributed by atoms with van der Waals surface area (Å²) in [4.78, 5) is 22.8. The lowest BCUT2D eigenvalue weighted by Crippen LogP contribution is -2.68. The molecule has 0 aliphatic heterocycles. The highest BCUT2D eigenvalue weighted by Crippen LogP contribution is 2.57.